The van der Waals surface area contributed by atoms with Crippen LogP contribution in [0.15, 0.2) is 36.4 Å². The molecule has 1 unspecified atom stereocenters. The number of benzene rings is 2. The molecule has 2 aromatic rings. The molecule has 0 N–H and O–H groups in total. The fourth-order valence-corrected chi connectivity index (χ4v) is 2.32. The van der Waals surface area contributed by atoms with E-state index < -0.39 is 0 Å². The minimum atomic E-state index is 0.312. The predicted octanol–water partition coefficient (Wildman–Crippen LogP) is 4.64. The Hall–Kier alpha value is -1.08. The Morgan fingerprint density at radius 1 is 1.00 bits per heavy atom. The van der Waals surface area contributed by atoms with Crippen LogP contribution in [0.5, 0.6) is 5.75 Å². The van der Waals surface area contributed by atoms with Crippen molar-refractivity contribution in [1.82, 2.24) is 0 Å². The molecule has 2 aromatic carbocycles. The average molecular weight is 299 g/mol. The SMILES string of the molecule is O=Cc1c(Cl)cc(-c2ccc(OP)cc2)cc1Cl. The van der Waals surface area contributed by atoms with E-state index in [-0.39, 0.29) is 0 Å². The zero-order chi connectivity index (χ0) is 13.1. The Morgan fingerprint density at radius 3 is 2.00 bits per heavy atom. The summed E-state index contributed by atoms with van der Waals surface area (Å²) in [6.45, 7) is 0. The number of hydrogen-bond donors (Lipinski definition) is 0. The topological polar surface area (TPSA) is 26.3 Å². The fraction of sp³-hybridized carbons (Fsp3) is 0. The molecule has 0 heterocycles. The van der Waals surface area contributed by atoms with Crippen molar-refractivity contribution in [2.24, 2.45) is 0 Å². The molecule has 5 heteroatoms. The van der Waals surface area contributed by atoms with Crippen LogP contribution in [-0.4, -0.2) is 6.29 Å². The van der Waals surface area contributed by atoms with E-state index in [2.05, 4.69) is 9.47 Å². The molecule has 0 aliphatic heterocycles. The van der Waals surface area contributed by atoms with Gasteiger partial charge in [-0.15, -0.1) is 0 Å². The summed E-state index contributed by atoms with van der Waals surface area (Å²) in [6, 6.07) is 10.9. The lowest BCUT2D eigenvalue weighted by Gasteiger charge is -2.07. The van der Waals surface area contributed by atoms with Crippen LogP contribution in [0.25, 0.3) is 11.1 Å². The number of carbonyl (C=O) groups excluding carboxylic acids is 1. The van der Waals surface area contributed by atoms with Crippen molar-refractivity contribution in [2.75, 3.05) is 0 Å². The van der Waals surface area contributed by atoms with Crippen molar-refractivity contribution in [3.05, 3.63) is 52.0 Å². The van der Waals surface area contributed by atoms with Crippen molar-refractivity contribution >= 4 is 39.0 Å². The second-order valence-corrected chi connectivity index (χ2v) is 4.66. The van der Waals surface area contributed by atoms with Crippen LogP contribution in [0.1, 0.15) is 10.4 Å². The van der Waals surface area contributed by atoms with Gasteiger partial charge in [-0.2, -0.15) is 0 Å². The highest BCUT2D eigenvalue weighted by atomic mass is 35.5. The van der Waals surface area contributed by atoms with Gasteiger partial charge in [0, 0.05) is 0 Å². The molecule has 0 aliphatic rings. The van der Waals surface area contributed by atoms with Gasteiger partial charge >= 0.3 is 0 Å². The third kappa shape index (κ3) is 2.67. The van der Waals surface area contributed by atoms with Gasteiger partial charge in [0.1, 0.15) is 5.75 Å². The molecule has 2 rings (SSSR count). The molecule has 1 atom stereocenters. The van der Waals surface area contributed by atoms with Crippen LogP contribution in [0.2, 0.25) is 10.0 Å². The van der Waals surface area contributed by atoms with E-state index in [4.69, 9.17) is 27.7 Å². The van der Waals surface area contributed by atoms with Crippen molar-refractivity contribution in [2.45, 2.75) is 0 Å². The van der Waals surface area contributed by atoms with Gasteiger partial charge in [0.25, 0.3) is 0 Å². The first-order valence-electron chi connectivity index (χ1n) is 5.07. The van der Waals surface area contributed by atoms with E-state index in [0.29, 0.717) is 21.9 Å². The molecule has 0 spiro atoms. The smallest absolute Gasteiger partial charge is 0.153 e. The third-order valence-corrected chi connectivity index (χ3v) is 3.42. The molecule has 0 saturated heterocycles. The Kier molecular flexibility index (Phi) is 4.23. The molecule has 0 bridgehead atoms. The standard InChI is InChI=1S/C13H9Cl2O2P/c14-12-5-9(6-13(15)11(12)7-16)8-1-3-10(17-18)4-2-8/h1-7H,18H2. The van der Waals surface area contributed by atoms with E-state index in [1.54, 1.807) is 12.1 Å². The van der Waals surface area contributed by atoms with Gasteiger partial charge in [-0.3, -0.25) is 4.79 Å². The highest BCUT2D eigenvalue weighted by molar-refractivity contribution is 7.10. The lowest BCUT2D eigenvalue weighted by molar-refractivity contribution is 0.112. The minimum absolute atomic E-state index is 0.312. The summed E-state index contributed by atoms with van der Waals surface area (Å²) in [5.41, 5.74) is 2.11. The van der Waals surface area contributed by atoms with Crippen LogP contribution in [0, 0.1) is 0 Å². The van der Waals surface area contributed by atoms with Gasteiger partial charge in [-0.05, 0) is 35.4 Å². The molecule has 2 nitrogen and oxygen atoms in total. The molecular formula is C13H9Cl2O2P. The maximum absolute atomic E-state index is 10.8. The van der Waals surface area contributed by atoms with Crippen molar-refractivity contribution in [1.29, 1.82) is 0 Å². The molecule has 0 aliphatic carbocycles. The second-order valence-electron chi connectivity index (χ2n) is 3.61. The van der Waals surface area contributed by atoms with Crippen LogP contribution in [0.4, 0.5) is 0 Å². The van der Waals surface area contributed by atoms with Gasteiger partial charge in [0.05, 0.1) is 25.1 Å². The maximum atomic E-state index is 10.8. The summed E-state index contributed by atoms with van der Waals surface area (Å²) in [4.78, 5) is 10.8. The van der Waals surface area contributed by atoms with E-state index in [9.17, 15) is 4.79 Å². The molecule has 0 aromatic heterocycles. The minimum Gasteiger partial charge on any atom is -0.480 e. The Balaban J connectivity index is 2.47. The van der Waals surface area contributed by atoms with Gasteiger partial charge < -0.3 is 4.52 Å². The zero-order valence-corrected chi connectivity index (χ0v) is 11.9. The lowest BCUT2D eigenvalue weighted by Crippen LogP contribution is -1.87. The summed E-state index contributed by atoms with van der Waals surface area (Å²) < 4.78 is 5.01. The van der Waals surface area contributed by atoms with Gasteiger partial charge in [0.15, 0.2) is 6.29 Å². The Morgan fingerprint density at radius 2 is 1.56 bits per heavy atom. The maximum Gasteiger partial charge on any atom is 0.153 e. The quantitative estimate of drug-likeness (QED) is 0.609. The predicted molar refractivity (Wildman–Crippen MR) is 77.6 cm³/mol. The first-order valence-corrected chi connectivity index (χ1v) is 6.30. The summed E-state index contributed by atoms with van der Waals surface area (Å²) >= 11 is 12.0. The normalized spacial score (nSPS) is 10.2. The molecule has 92 valence electrons. The van der Waals surface area contributed by atoms with Crippen molar-refractivity contribution in [3.63, 3.8) is 0 Å². The molecule has 0 radical (unpaired) electrons. The first kappa shape index (κ1) is 13.4. The lowest BCUT2D eigenvalue weighted by atomic mass is 10.0. The number of aldehydes is 1. The van der Waals surface area contributed by atoms with Gasteiger partial charge in [0.2, 0.25) is 0 Å². The van der Waals surface area contributed by atoms with Gasteiger partial charge in [-0.25, -0.2) is 0 Å². The van der Waals surface area contributed by atoms with Crippen LogP contribution < -0.4 is 4.52 Å². The number of halogens is 2. The monoisotopic (exact) mass is 298 g/mol. The first-order chi connectivity index (χ1) is 8.65. The third-order valence-electron chi connectivity index (χ3n) is 2.52. The van der Waals surface area contributed by atoms with Crippen LogP contribution in [-0.2, 0) is 0 Å². The highest BCUT2D eigenvalue weighted by Crippen LogP contribution is 2.31. The molecule has 0 fully saturated rings. The molecule has 0 saturated carbocycles. The highest BCUT2D eigenvalue weighted by Gasteiger charge is 2.08. The Labute approximate surface area is 117 Å². The summed E-state index contributed by atoms with van der Waals surface area (Å²) in [5, 5.41) is 0.692. The van der Waals surface area contributed by atoms with Crippen LogP contribution >= 0.6 is 32.7 Å². The molecule has 18 heavy (non-hydrogen) atoms. The zero-order valence-electron chi connectivity index (χ0n) is 9.19. The summed E-state index contributed by atoms with van der Waals surface area (Å²) in [5.74, 6) is 0.741. The summed E-state index contributed by atoms with van der Waals surface area (Å²) in [7, 11) is 2.18. The summed E-state index contributed by atoms with van der Waals surface area (Å²) in [6.07, 6.45) is 0.652. The Bertz CT molecular complexity index is 559. The van der Waals surface area contributed by atoms with E-state index in [1.165, 1.54) is 0 Å². The van der Waals surface area contributed by atoms with Crippen molar-refractivity contribution < 1.29 is 9.32 Å². The average Bonchev–Trinajstić information content (AvgIpc) is 2.38. The fourth-order valence-electron chi connectivity index (χ4n) is 1.59. The van der Waals surface area contributed by atoms with E-state index >= 15 is 0 Å². The van der Waals surface area contributed by atoms with Crippen LogP contribution in [0.3, 0.4) is 0 Å². The van der Waals surface area contributed by atoms with E-state index in [0.717, 1.165) is 16.9 Å². The largest absolute Gasteiger partial charge is 0.480 e. The van der Waals surface area contributed by atoms with Gasteiger partial charge in [-0.1, -0.05) is 35.3 Å². The number of carbonyl (C=O) groups is 1. The second kappa shape index (κ2) is 5.71. The number of hydrogen-bond acceptors (Lipinski definition) is 2. The molecular weight excluding hydrogens is 290 g/mol. The number of rotatable bonds is 3. The van der Waals surface area contributed by atoms with E-state index in [1.807, 2.05) is 24.3 Å². The van der Waals surface area contributed by atoms with Crippen molar-refractivity contribution in [3.8, 4) is 16.9 Å². The molecule has 0 amide bonds.